The summed E-state index contributed by atoms with van der Waals surface area (Å²) < 4.78 is 6.75. The molecule has 8 nitrogen and oxygen atoms in total. The van der Waals surface area contributed by atoms with Gasteiger partial charge < -0.3 is 9.64 Å². The van der Waals surface area contributed by atoms with E-state index in [1.165, 1.54) is 11.0 Å². The van der Waals surface area contributed by atoms with Crippen molar-refractivity contribution >= 4 is 23.5 Å². The standard InChI is InChI=1S/C18H22ClN5O3/c1-2-27-17(26)18(10-14-5-3-6-15(19)9-14)7-4-8-23(12-18)16(25)11-24-13-20-21-22-24/h3,5-6,9,13H,2,4,7-8,10-12H2,1H3/t18-/m1/s1. The van der Waals surface area contributed by atoms with Crippen molar-refractivity contribution in [1.82, 2.24) is 25.1 Å². The molecule has 1 saturated heterocycles. The number of aromatic nitrogens is 4. The number of benzene rings is 1. The van der Waals surface area contributed by atoms with Crippen molar-refractivity contribution in [2.45, 2.75) is 32.7 Å². The maximum Gasteiger partial charge on any atom is 0.314 e. The van der Waals surface area contributed by atoms with E-state index < -0.39 is 5.41 Å². The van der Waals surface area contributed by atoms with Crippen LogP contribution in [-0.2, 0) is 27.3 Å². The van der Waals surface area contributed by atoms with Crippen LogP contribution in [0.1, 0.15) is 25.3 Å². The van der Waals surface area contributed by atoms with Gasteiger partial charge in [-0.15, -0.1) is 5.10 Å². The molecule has 0 spiro atoms. The number of amides is 1. The third-order valence-electron chi connectivity index (χ3n) is 4.76. The Morgan fingerprint density at radius 3 is 2.93 bits per heavy atom. The van der Waals surface area contributed by atoms with Crippen LogP contribution >= 0.6 is 11.6 Å². The second-order valence-corrected chi connectivity index (χ2v) is 7.17. The highest BCUT2D eigenvalue weighted by Gasteiger charge is 2.44. The number of likely N-dealkylation sites (tertiary alicyclic amines) is 1. The van der Waals surface area contributed by atoms with Gasteiger partial charge in [0.15, 0.2) is 0 Å². The van der Waals surface area contributed by atoms with Crippen LogP contribution in [0, 0.1) is 5.41 Å². The predicted octanol–water partition coefficient (Wildman–Crippen LogP) is 1.74. The number of halogens is 1. The molecule has 1 fully saturated rings. The second-order valence-electron chi connectivity index (χ2n) is 6.73. The fourth-order valence-corrected chi connectivity index (χ4v) is 3.75. The minimum Gasteiger partial charge on any atom is -0.466 e. The fourth-order valence-electron chi connectivity index (χ4n) is 3.54. The largest absolute Gasteiger partial charge is 0.466 e. The molecular formula is C18H22ClN5O3. The zero-order valence-corrected chi connectivity index (χ0v) is 15.9. The number of hydrogen-bond acceptors (Lipinski definition) is 6. The van der Waals surface area contributed by atoms with E-state index in [0.717, 1.165) is 12.0 Å². The summed E-state index contributed by atoms with van der Waals surface area (Å²) >= 11 is 6.11. The van der Waals surface area contributed by atoms with Gasteiger partial charge in [0.1, 0.15) is 12.9 Å². The number of carbonyl (C=O) groups excluding carboxylic acids is 2. The molecule has 0 unspecified atom stereocenters. The summed E-state index contributed by atoms with van der Waals surface area (Å²) in [6.07, 6.45) is 3.25. The molecule has 0 N–H and O–H groups in total. The van der Waals surface area contributed by atoms with Gasteiger partial charge in [-0.3, -0.25) is 9.59 Å². The Morgan fingerprint density at radius 1 is 1.37 bits per heavy atom. The molecule has 0 bridgehead atoms. The van der Waals surface area contributed by atoms with Crippen LogP contribution < -0.4 is 0 Å². The topological polar surface area (TPSA) is 90.2 Å². The number of ether oxygens (including phenoxy) is 1. The summed E-state index contributed by atoms with van der Waals surface area (Å²) in [6, 6.07) is 7.45. The van der Waals surface area contributed by atoms with E-state index in [4.69, 9.17) is 16.3 Å². The number of tetrazole rings is 1. The van der Waals surface area contributed by atoms with E-state index in [0.29, 0.717) is 37.6 Å². The molecule has 2 aromatic rings. The Morgan fingerprint density at radius 2 is 2.22 bits per heavy atom. The van der Waals surface area contributed by atoms with Gasteiger partial charge in [-0.25, -0.2) is 4.68 Å². The Labute approximate surface area is 162 Å². The average molecular weight is 392 g/mol. The van der Waals surface area contributed by atoms with Gasteiger partial charge in [0.25, 0.3) is 0 Å². The normalized spacial score (nSPS) is 19.7. The first kappa shape index (κ1) is 19.3. The third kappa shape index (κ3) is 4.63. The molecule has 0 saturated carbocycles. The van der Waals surface area contributed by atoms with E-state index >= 15 is 0 Å². The van der Waals surface area contributed by atoms with Crippen LogP contribution in [0.4, 0.5) is 0 Å². The van der Waals surface area contributed by atoms with Crippen molar-refractivity contribution < 1.29 is 14.3 Å². The fraction of sp³-hybridized carbons (Fsp3) is 0.500. The molecule has 1 atom stereocenters. The van der Waals surface area contributed by atoms with Crippen molar-refractivity contribution in [3.05, 3.63) is 41.2 Å². The zero-order valence-electron chi connectivity index (χ0n) is 15.2. The first-order chi connectivity index (χ1) is 13.0. The lowest BCUT2D eigenvalue weighted by Crippen LogP contribution is -2.52. The lowest BCUT2D eigenvalue weighted by atomic mass is 9.75. The average Bonchev–Trinajstić information content (AvgIpc) is 3.15. The van der Waals surface area contributed by atoms with Crippen molar-refractivity contribution in [2.75, 3.05) is 19.7 Å². The third-order valence-corrected chi connectivity index (χ3v) is 4.99. The van der Waals surface area contributed by atoms with Gasteiger partial charge in [0, 0.05) is 18.1 Å². The summed E-state index contributed by atoms with van der Waals surface area (Å²) in [6.45, 7) is 3.03. The van der Waals surface area contributed by atoms with Gasteiger partial charge in [-0.2, -0.15) is 0 Å². The Bertz CT molecular complexity index is 798. The van der Waals surface area contributed by atoms with Crippen molar-refractivity contribution in [3.8, 4) is 0 Å². The maximum absolute atomic E-state index is 12.9. The van der Waals surface area contributed by atoms with Crippen LogP contribution in [0.25, 0.3) is 0 Å². The van der Waals surface area contributed by atoms with Crippen LogP contribution in [-0.4, -0.2) is 56.7 Å². The number of hydrogen-bond donors (Lipinski definition) is 0. The Hall–Kier alpha value is -2.48. The summed E-state index contributed by atoms with van der Waals surface area (Å²) in [5.41, 5.74) is 0.167. The Kier molecular flexibility index (Phi) is 6.05. The SMILES string of the molecule is CCOC(=O)[C@@]1(Cc2cccc(Cl)c2)CCCN(C(=O)Cn2cnnn2)C1. The van der Waals surface area contributed by atoms with Crippen LogP contribution in [0.3, 0.4) is 0 Å². The highest BCUT2D eigenvalue weighted by Crippen LogP contribution is 2.36. The molecule has 0 aliphatic carbocycles. The monoisotopic (exact) mass is 391 g/mol. The van der Waals surface area contributed by atoms with Gasteiger partial charge >= 0.3 is 5.97 Å². The summed E-state index contributed by atoms with van der Waals surface area (Å²) in [5.74, 6) is -0.397. The molecule has 27 heavy (non-hydrogen) atoms. The molecule has 1 amide bonds. The number of carbonyl (C=O) groups is 2. The van der Waals surface area contributed by atoms with Crippen LogP contribution in [0.15, 0.2) is 30.6 Å². The summed E-state index contributed by atoms with van der Waals surface area (Å²) in [5, 5.41) is 11.4. The van der Waals surface area contributed by atoms with Crippen molar-refractivity contribution in [2.24, 2.45) is 5.41 Å². The number of piperidine rings is 1. The number of nitrogens with zero attached hydrogens (tertiary/aromatic N) is 5. The molecule has 2 heterocycles. The predicted molar refractivity (Wildman–Crippen MR) is 97.9 cm³/mol. The summed E-state index contributed by atoms with van der Waals surface area (Å²) in [7, 11) is 0. The van der Waals surface area contributed by atoms with E-state index in [2.05, 4.69) is 15.5 Å². The molecule has 1 aromatic carbocycles. The first-order valence-corrected chi connectivity index (χ1v) is 9.30. The lowest BCUT2D eigenvalue weighted by Gasteiger charge is -2.41. The quantitative estimate of drug-likeness (QED) is 0.697. The van der Waals surface area contributed by atoms with Crippen LogP contribution in [0.2, 0.25) is 5.02 Å². The van der Waals surface area contributed by atoms with Crippen LogP contribution in [0.5, 0.6) is 0 Å². The lowest BCUT2D eigenvalue weighted by molar-refractivity contribution is -0.161. The van der Waals surface area contributed by atoms with Gasteiger partial charge in [-0.05, 0) is 54.3 Å². The van der Waals surface area contributed by atoms with Crippen molar-refractivity contribution in [3.63, 3.8) is 0 Å². The summed E-state index contributed by atoms with van der Waals surface area (Å²) in [4.78, 5) is 27.2. The minimum atomic E-state index is -0.783. The molecule has 1 aromatic heterocycles. The van der Waals surface area contributed by atoms with Gasteiger partial charge in [-0.1, -0.05) is 23.7 Å². The van der Waals surface area contributed by atoms with E-state index in [1.54, 1.807) is 17.9 Å². The molecule has 9 heteroatoms. The molecular weight excluding hydrogens is 370 g/mol. The zero-order chi connectivity index (χ0) is 19.3. The maximum atomic E-state index is 12.9. The van der Waals surface area contributed by atoms with Gasteiger partial charge in [0.05, 0.1) is 12.0 Å². The molecule has 1 aliphatic rings. The molecule has 1 aliphatic heterocycles. The van der Waals surface area contributed by atoms with E-state index in [9.17, 15) is 9.59 Å². The number of rotatable bonds is 6. The van der Waals surface area contributed by atoms with E-state index in [1.807, 2.05) is 18.2 Å². The smallest absolute Gasteiger partial charge is 0.314 e. The second kappa shape index (κ2) is 8.47. The first-order valence-electron chi connectivity index (χ1n) is 8.92. The highest BCUT2D eigenvalue weighted by molar-refractivity contribution is 6.30. The Balaban J connectivity index is 1.81. The molecule has 0 radical (unpaired) electrons. The van der Waals surface area contributed by atoms with Crippen molar-refractivity contribution in [1.29, 1.82) is 0 Å². The van der Waals surface area contributed by atoms with E-state index in [-0.39, 0.29) is 18.4 Å². The minimum absolute atomic E-state index is 0.0447. The highest BCUT2D eigenvalue weighted by atomic mass is 35.5. The molecule has 144 valence electrons. The molecule has 3 rings (SSSR count). The van der Waals surface area contributed by atoms with Gasteiger partial charge in [0.2, 0.25) is 5.91 Å². The number of esters is 1.